The van der Waals surface area contributed by atoms with Crippen LogP contribution in [-0.2, 0) is 0 Å². The monoisotopic (exact) mass is 401 g/mol. The number of rotatable bonds is 5. The highest BCUT2D eigenvalue weighted by Gasteiger charge is 2.59. The van der Waals surface area contributed by atoms with Gasteiger partial charge in [0, 0.05) is 44.3 Å². The third-order valence-electron chi connectivity index (χ3n) is 5.63. The Labute approximate surface area is 162 Å². The van der Waals surface area contributed by atoms with E-state index in [-0.39, 0.29) is 0 Å². The topological polar surface area (TPSA) is 21.8 Å². The van der Waals surface area contributed by atoms with Gasteiger partial charge in [-0.15, -0.1) is 14.0 Å². The average Bonchev–Trinajstić information content (AvgIpc) is 3.37. The molecule has 25 heavy (non-hydrogen) atoms. The fourth-order valence-corrected chi connectivity index (χ4v) is 9.36. The summed E-state index contributed by atoms with van der Waals surface area (Å²) in [6.45, 7) is 7.12. The van der Waals surface area contributed by atoms with Gasteiger partial charge < -0.3 is 0 Å². The lowest BCUT2D eigenvalue weighted by Gasteiger charge is -2.43. The first kappa shape index (κ1) is 18.3. The van der Waals surface area contributed by atoms with Gasteiger partial charge in [0.2, 0.25) is 0 Å². The van der Waals surface area contributed by atoms with Gasteiger partial charge in [0.15, 0.2) is 0 Å². The van der Waals surface area contributed by atoms with E-state index in [4.69, 9.17) is 23.2 Å². The molecule has 0 radical (unpaired) electrons. The molecule has 0 aliphatic carbocycles. The van der Waals surface area contributed by atoms with E-state index in [1.807, 2.05) is 18.2 Å². The van der Waals surface area contributed by atoms with Crippen molar-refractivity contribution in [3.8, 4) is 0 Å². The molecule has 0 atom stereocenters. The zero-order valence-corrected chi connectivity index (χ0v) is 17.2. The molecule has 3 aliphatic rings. The van der Waals surface area contributed by atoms with Crippen LogP contribution in [0.4, 0.5) is 5.69 Å². The molecule has 0 amide bonds. The molecule has 3 heterocycles. The summed E-state index contributed by atoms with van der Waals surface area (Å²) in [5.41, 5.74) is 0.994. The van der Waals surface area contributed by atoms with Crippen molar-refractivity contribution in [1.29, 1.82) is 0 Å². The van der Waals surface area contributed by atoms with Crippen molar-refractivity contribution in [2.45, 2.75) is 38.5 Å². The van der Waals surface area contributed by atoms with Gasteiger partial charge in [-0.25, -0.2) is 5.09 Å². The standard InChI is InChI=1S/C18H28Cl2N4P/c19-16-7-8-17(20)18(15-16)21-25(22-9-1-2-10-22,23-11-3-4-12-23)24-13-5-6-14-24/h7-8,15,21H,1-6,9-14H2/q+1. The van der Waals surface area contributed by atoms with E-state index in [9.17, 15) is 0 Å². The minimum Gasteiger partial charge on any atom is -0.213 e. The summed E-state index contributed by atoms with van der Waals surface area (Å²) in [5.74, 6) is 0. The zero-order valence-electron chi connectivity index (χ0n) is 14.8. The third kappa shape index (κ3) is 3.54. The van der Waals surface area contributed by atoms with E-state index in [0.717, 1.165) is 15.7 Å². The van der Waals surface area contributed by atoms with Gasteiger partial charge >= 0.3 is 7.87 Å². The largest absolute Gasteiger partial charge is 0.329 e. The summed E-state index contributed by atoms with van der Waals surface area (Å²) in [6, 6.07) is 5.79. The molecule has 4 nitrogen and oxygen atoms in total. The maximum atomic E-state index is 6.56. The van der Waals surface area contributed by atoms with Crippen molar-refractivity contribution in [2.24, 2.45) is 0 Å². The van der Waals surface area contributed by atoms with Crippen LogP contribution in [0.1, 0.15) is 38.5 Å². The molecule has 4 rings (SSSR count). The SMILES string of the molecule is Clc1ccc(Cl)c(N[P+](N2CCCC2)(N2CCCC2)N2CCCC2)c1. The van der Waals surface area contributed by atoms with E-state index in [2.05, 4.69) is 19.1 Å². The lowest BCUT2D eigenvalue weighted by Crippen LogP contribution is -2.46. The molecule has 1 N–H and O–H groups in total. The molecule has 0 bridgehead atoms. The number of hydrogen-bond acceptors (Lipinski definition) is 4. The van der Waals surface area contributed by atoms with Crippen molar-refractivity contribution >= 4 is 36.8 Å². The van der Waals surface area contributed by atoms with E-state index >= 15 is 0 Å². The zero-order chi connectivity index (χ0) is 17.3. The number of benzene rings is 1. The number of nitrogens with one attached hydrogen (secondary N) is 1. The second kappa shape index (κ2) is 7.88. The minimum atomic E-state index is -1.80. The average molecular weight is 402 g/mol. The maximum absolute atomic E-state index is 6.56. The van der Waals surface area contributed by atoms with Crippen LogP contribution in [0, 0.1) is 0 Å². The van der Waals surface area contributed by atoms with Gasteiger partial charge in [-0.3, -0.25) is 0 Å². The van der Waals surface area contributed by atoms with E-state index < -0.39 is 7.87 Å². The molecular formula is C18H28Cl2N4P+. The number of hydrogen-bond donors (Lipinski definition) is 1. The fourth-order valence-electron chi connectivity index (χ4n) is 4.43. The Bertz CT molecular complexity index is 556. The Hall–Kier alpha value is -0.0900. The predicted octanol–water partition coefficient (Wildman–Crippen LogP) is 5.37. The molecule has 3 aliphatic heterocycles. The van der Waals surface area contributed by atoms with Gasteiger partial charge in [-0.05, 0) is 56.7 Å². The highest BCUT2D eigenvalue weighted by molar-refractivity contribution is 7.70. The van der Waals surface area contributed by atoms with E-state index in [1.165, 1.54) is 77.8 Å². The smallest absolute Gasteiger partial charge is 0.213 e. The Morgan fingerprint density at radius 2 is 1.16 bits per heavy atom. The second-order valence-electron chi connectivity index (χ2n) is 7.29. The van der Waals surface area contributed by atoms with Crippen LogP contribution in [0.2, 0.25) is 10.0 Å². The van der Waals surface area contributed by atoms with Gasteiger partial charge in [0.05, 0.1) is 10.7 Å². The van der Waals surface area contributed by atoms with Crippen LogP contribution in [0.3, 0.4) is 0 Å². The fraction of sp³-hybridized carbons (Fsp3) is 0.667. The first-order valence-electron chi connectivity index (χ1n) is 9.59. The van der Waals surface area contributed by atoms with Crippen molar-refractivity contribution in [1.82, 2.24) is 14.0 Å². The number of halogens is 2. The Morgan fingerprint density at radius 1 is 0.720 bits per heavy atom. The molecule has 0 saturated carbocycles. The van der Waals surface area contributed by atoms with E-state index in [0.29, 0.717) is 0 Å². The highest BCUT2D eigenvalue weighted by Crippen LogP contribution is 2.69. The van der Waals surface area contributed by atoms with E-state index in [1.54, 1.807) is 0 Å². The van der Waals surface area contributed by atoms with Gasteiger partial charge in [0.1, 0.15) is 0 Å². The van der Waals surface area contributed by atoms with Crippen molar-refractivity contribution in [2.75, 3.05) is 44.4 Å². The molecular weight excluding hydrogens is 374 g/mol. The Morgan fingerprint density at radius 3 is 1.60 bits per heavy atom. The lowest BCUT2D eigenvalue weighted by molar-refractivity contribution is 0.377. The number of anilines is 1. The number of nitrogens with zero attached hydrogens (tertiary/aromatic N) is 3. The molecule has 0 aromatic heterocycles. The normalized spacial score (nSPS) is 23.6. The first-order chi connectivity index (χ1) is 12.2. The van der Waals surface area contributed by atoms with Gasteiger partial charge in [-0.1, -0.05) is 23.2 Å². The molecule has 138 valence electrons. The Balaban J connectivity index is 1.76. The summed E-state index contributed by atoms with van der Waals surface area (Å²) >= 11 is 12.9. The lowest BCUT2D eigenvalue weighted by atomic mass is 10.3. The van der Waals surface area contributed by atoms with Crippen molar-refractivity contribution < 1.29 is 0 Å². The van der Waals surface area contributed by atoms with Crippen LogP contribution >= 0.6 is 31.1 Å². The molecule has 7 heteroatoms. The Kier molecular flexibility index (Phi) is 5.76. The summed E-state index contributed by atoms with van der Waals surface area (Å²) in [5, 5.41) is 5.51. The van der Waals surface area contributed by atoms with Crippen LogP contribution in [0.25, 0.3) is 0 Å². The van der Waals surface area contributed by atoms with Gasteiger partial charge in [0.25, 0.3) is 0 Å². The first-order valence-corrected chi connectivity index (χ1v) is 12.0. The van der Waals surface area contributed by atoms with Crippen LogP contribution in [-0.4, -0.2) is 53.3 Å². The maximum Gasteiger partial charge on any atom is 0.329 e. The highest BCUT2D eigenvalue weighted by atomic mass is 35.5. The summed E-state index contributed by atoms with van der Waals surface area (Å²) < 4.78 is 8.25. The quantitative estimate of drug-likeness (QED) is 0.669. The molecule has 1 aromatic carbocycles. The van der Waals surface area contributed by atoms with Gasteiger partial charge in [-0.2, -0.15) is 0 Å². The molecule has 0 unspecified atom stereocenters. The van der Waals surface area contributed by atoms with Crippen LogP contribution < -0.4 is 5.09 Å². The second-order valence-corrected chi connectivity index (χ2v) is 11.2. The summed E-state index contributed by atoms with van der Waals surface area (Å²) in [7, 11) is -1.80. The summed E-state index contributed by atoms with van der Waals surface area (Å²) in [6.07, 6.45) is 7.80. The summed E-state index contributed by atoms with van der Waals surface area (Å²) in [4.78, 5) is 0. The minimum absolute atomic E-state index is 0.745. The van der Waals surface area contributed by atoms with Crippen molar-refractivity contribution in [3.05, 3.63) is 28.2 Å². The van der Waals surface area contributed by atoms with Crippen molar-refractivity contribution in [3.63, 3.8) is 0 Å². The third-order valence-corrected chi connectivity index (χ3v) is 10.3. The predicted molar refractivity (Wildman–Crippen MR) is 109 cm³/mol. The molecule has 3 fully saturated rings. The molecule has 3 saturated heterocycles. The van der Waals surface area contributed by atoms with Crippen LogP contribution in [0.5, 0.6) is 0 Å². The molecule has 1 aromatic rings. The molecule has 0 spiro atoms. The van der Waals surface area contributed by atoms with Crippen LogP contribution in [0.15, 0.2) is 18.2 Å².